The van der Waals surface area contributed by atoms with Crippen molar-refractivity contribution in [2.75, 3.05) is 11.9 Å². The van der Waals surface area contributed by atoms with Gasteiger partial charge in [-0.2, -0.15) is 4.98 Å². The predicted molar refractivity (Wildman–Crippen MR) is 97.2 cm³/mol. The maximum atomic E-state index is 5.66. The quantitative estimate of drug-likeness (QED) is 0.681. The fourth-order valence-electron chi connectivity index (χ4n) is 2.63. The summed E-state index contributed by atoms with van der Waals surface area (Å²) in [6, 6.07) is 7.75. The van der Waals surface area contributed by atoms with Crippen molar-refractivity contribution < 1.29 is 4.52 Å². The van der Waals surface area contributed by atoms with Gasteiger partial charge in [0, 0.05) is 18.2 Å². The van der Waals surface area contributed by atoms with Gasteiger partial charge in [-0.1, -0.05) is 31.1 Å². The molecule has 0 bridgehead atoms. The highest BCUT2D eigenvalue weighted by Gasteiger charge is 2.17. The number of hydrogen-bond acceptors (Lipinski definition) is 7. The molecular weight excluding hydrogens is 316 g/mol. The molecule has 1 aromatic carbocycles. The monoisotopic (exact) mass is 340 g/mol. The van der Waals surface area contributed by atoms with Gasteiger partial charge < -0.3 is 15.6 Å². The van der Waals surface area contributed by atoms with Crippen LogP contribution in [0, 0.1) is 5.92 Å². The maximum Gasteiger partial charge on any atom is 0.248 e. The van der Waals surface area contributed by atoms with Crippen LogP contribution in [0.2, 0.25) is 0 Å². The Bertz CT molecular complexity index is 844. The number of anilines is 1. The number of nitrogens with zero attached hydrogens (tertiary/aromatic N) is 4. The number of aromatic nitrogens is 4. The third-order valence-corrected chi connectivity index (χ3v) is 3.82. The van der Waals surface area contributed by atoms with E-state index < -0.39 is 0 Å². The molecule has 0 spiro atoms. The van der Waals surface area contributed by atoms with Gasteiger partial charge in [0.05, 0.1) is 5.52 Å². The first-order valence-electron chi connectivity index (χ1n) is 8.61. The molecule has 0 radical (unpaired) electrons. The average molecular weight is 340 g/mol. The molecule has 0 aliphatic heterocycles. The number of hydrogen-bond donors (Lipinski definition) is 2. The molecule has 3 N–H and O–H groups in total. The summed E-state index contributed by atoms with van der Waals surface area (Å²) in [5.41, 5.74) is 6.55. The second-order valence-corrected chi connectivity index (χ2v) is 6.56. The molecule has 0 saturated carbocycles. The minimum absolute atomic E-state index is 0.155. The molecule has 132 valence electrons. The summed E-state index contributed by atoms with van der Waals surface area (Å²) in [7, 11) is 0. The second kappa shape index (κ2) is 7.57. The van der Waals surface area contributed by atoms with Crippen molar-refractivity contribution in [3.05, 3.63) is 41.8 Å². The second-order valence-electron chi connectivity index (χ2n) is 6.56. The molecule has 3 aromatic rings. The van der Waals surface area contributed by atoms with Crippen molar-refractivity contribution >= 4 is 16.7 Å². The number of nitrogens with one attached hydrogen (secondary N) is 1. The van der Waals surface area contributed by atoms with Crippen LogP contribution in [-0.4, -0.2) is 26.7 Å². The molecule has 2 heterocycles. The number of fused-ring (bicyclic) bond motifs is 1. The first kappa shape index (κ1) is 17.3. The zero-order valence-corrected chi connectivity index (χ0v) is 14.9. The van der Waals surface area contributed by atoms with Crippen LogP contribution in [0.15, 0.2) is 28.8 Å². The summed E-state index contributed by atoms with van der Waals surface area (Å²) in [6.07, 6.45) is 1.43. The summed E-state index contributed by atoms with van der Waals surface area (Å²) in [6.45, 7) is 6.75. The SMILES string of the molecule is CC(C)Cc1noc([C@H](C)Nc2nc(CCN)nc3ccccc23)n1. The molecular formula is C18H24N6O. The van der Waals surface area contributed by atoms with E-state index in [1.54, 1.807) is 0 Å². The highest BCUT2D eigenvalue weighted by molar-refractivity contribution is 5.89. The van der Waals surface area contributed by atoms with Crippen LogP contribution in [0.1, 0.15) is 44.4 Å². The Labute approximate surface area is 147 Å². The van der Waals surface area contributed by atoms with Crippen molar-refractivity contribution in [3.8, 4) is 0 Å². The van der Waals surface area contributed by atoms with Crippen molar-refractivity contribution in [1.82, 2.24) is 20.1 Å². The van der Waals surface area contributed by atoms with Gasteiger partial charge in [-0.3, -0.25) is 0 Å². The smallest absolute Gasteiger partial charge is 0.248 e. The lowest BCUT2D eigenvalue weighted by Crippen LogP contribution is -2.12. The van der Waals surface area contributed by atoms with Gasteiger partial charge in [-0.15, -0.1) is 0 Å². The Balaban J connectivity index is 1.87. The summed E-state index contributed by atoms with van der Waals surface area (Å²) in [5, 5.41) is 8.39. The summed E-state index contributed by atoms with van der Waals surface area (Å²) in [5.74, 6) is 3.25. The Morgan fingerprint density at radius 1 is 1.08 bits per heavy atom. The van der Waals surface area contributed by atoms with Crippen LogP contribution in [-0.2, 0) is 12.8 Å². The van der Waals surface area contributed by atoms with E-state index in [-0.39, 0.29) is 6.04 Å². The highest BCUT2D eigenvalue weighted by atomic mass is 16.5. The molecule has 1 atom stereocenters. The van der Waals surface area contributed by atoms with Crippen LogP contribution in [0.5, 0.6) is 0 Å². The molecule has 0 aliphatic carbocycles. The molecule has 3 rings (SSSR count). The summed E-state index contributed by atoms with van der Waals surface area (Å²) >= 11 is 0. The molecule has 0 fully saturated rings. The van der Waals surface area contributed by atoms with Gasteiger partial charge in [-0.05, 0) is 31.5 Å². The predicted octanol–water partition coefficient (Wildman–Crippen LogP) is 2.89. The van der Waals surface area contributed by atoms with E-state index in [9.17, 15) is 0 Å². The number of benzene rings is 1. The van der Waals surface area contributed by atoms with Gasteiger partial charge in [-0.25, -0.2) is 9.97 Å². The summed E-state index contributed by atoms with van der Waals surface area (Å²) < 4.78 is 5.40. The molecule has 7 heteroatoms. The van der Waals surface area contributed by atoms with Crippen LogP contribution in [0.25, 0.3) is 10.9 Å². The number of para-hydroxylation sites is 1. The van der Waals surface area contributed by atoms with E-state index in [0.717, 1.165) is 34.8 Å². The van der Waals surface area contributed by atoms with Gasteiger partial charge in [0.1, 0.15) is 17.7 Å². The highest BCUT2D eigenvalue weighted by Crippen LogP contribution is 2.24. The minimum Gasteiger partial charge on any atom is -0.358 e. The first-order chi connectivity index (χ1) is 12.1. The van der Waals surface area contributed by atoms with Gasteiger partial charge in [0.2, 0.25) is 5.89 Å². The fourth-order valence-corrected chi connectivity index (χ4v) is 2.63. The van der Waals surface area contributed by atoms with E-state index in [2.05, 4.69) is 39.3 Å². The summed E-state index contributed by atoms with van der Waals surface area (Å²) in [4.78, 5) is 13.7. The Hall–Kier alpha value is -2.54. The van der Waals surface area contributed by atoms with E-state index in [1.807, 2.05) is 31.2 Å². The number of nitrogens with two attached hydrogens (primary N) is 1. The molecule has 0 amide bonds. The van der Waals surface area contributed by atoms with Crippen molar-refractivity contribution in [2.24, 2.45) is 11.7 Å². The molecule has 7 nitrogen and oxygen atoms in total. The maximum absolute atomic E-state index is 5.66. The van der Waals surface area contributed by atoms with E-state index in [1.165, 1.54) is 0 Å². The van der Waals surface area contributed by atoms with Gasteiger partial charge in [0.15, 0.2) is 5.82 Å². The first-order valence-corrected chi connectivity index (χ1v) is 8.61. The Morgan fingerprint density at radius 3 is 2.64 bits per heavy atom. The molecule has 25 heavy (non-hydrogen) atoms. The topological polar surface area (TPSA) is 103 Å². The van der Waals surface area contributed by atoms with Crippen molar-refractivity contribution in [2.45, 2.75) is 39.7 Å². The Kier molecular flexibility index (Phi) is 5.23. The van der Waals surface area contributed by atoms with Crippen LogP contribution >= 0.6 is 0 Å². The third kappa shape index (κ3) is 4.11. The number of rotatable bonds is 7. The van der Waals surface area contributed by atoms with Gasteiger partial charge in [0.25, 0.3) is 0 Å². The largest absolute Gasteiger partial charge is 0.358 e. The van der Waals surface area contributed by atoms with Crippen LogP contribution in [0.4, 0.5) is 5.82 Å². The Morgan fingerprint density at radius 2 is 1.88 bits per heavy atom. The third-order valence-electron chi connectivity index (χ3n) is 3.82. The van der Waals surface area contributed by atoms with E-state index in [4.69, 9.17) is 10.3 Å². The van der Waals surface area contributed by atoms with Gasteiger partial charge >= 0.3 is 0 Å². The average Bonchev–Trinajstić information content (AvgIpc) is 3.03. The zero-order chi connectivity index (χ0) is 17.8. The molecule has 0 aliphatic rings. The van der Waals surface area contributed by atoms with E-state index >= 15 is 0 Å². The van der Waals surface area contributed by atoms with Crippen molar-refractivity contribution in [1.29, 1.82) is 0 Å². The van der Waals surface area contributed by atoms with E-state index in [0.29, 0.717) is 24.8 Å². The molecule has 0 unspecified atom stereocenters. The minimum atomic E-state index is -0.155. The standard InChI is InChI=1S/C18H24N6O/c1-11(2)10-16-23-18(25-24-16)12(3)20-17-13-6-4-5-7-14(13)21-15(22-17)8-9-19/h4-7,11-12H,8-10,19H2,1-3H3,(H,20,21,22)/t12-/m0/s1. The molecule has 2 aromatic heterocycles. The lowest BCUT2D eigenvalue weighted by atomic mass is 10.1. The lowest BCUT2D eigenvalue weighted by Gasteiger charge is -2.13. The zero-order valence-electron chi connectivity index (χ0n) is 14.9. The van der Waals surface area contributed by atoms with Crippen molar-refractivity contribution in [3.63, 3.8) is 0 Å². The normalized spacial score (nSPS) is 12.7. The van der Waals surface area contributed by atoms with Crippen LogP contribution in [0.3, 0.4) is 0 Å². The lowest BCUT2D eigenvalue weighted by molar-refractivity contribution is 0.361. The van der Waals surface area contributed by atoms with Crippen LogP contribution < -0.4 is 11.1 Å². The molecule has 0 saturated heterocycles. The fraction of sp³-hybridized carbons (Fsp3) is 0.444.